The fourth-order valence-electron chi connectivity index (χ4n) is 1.15. The minimum Gasteiger partial charge on any atom is -0.464 e. The number of aliphatic imine (C=N–C) groups is 1. The van der Waals surface area contributed by atoms with Crippen molar-refractivity contribution in [2.45, 2.75) is 32.7 Å². The van der Waals surface area contributed by atoms with Gasteiger partial charge in [0.05, 0.1) is 19.6 Å². The van der Waals surface area contributed by atoms with Crippen LogP contribution in [0.25, 0.3) is 0 Å². The van der Waals surface area contributed by atoms with Crippen LogP contribution in [0.1, 0.15) is 27.2 Å². The Balaban J connectivity index is 5.51. The molecule has 0 aliphatic carbocycles. The van der Waals surface area contributed by atoms with Gasteiger partial charge in [0.2, 0.25) is 6.08 Å². The molecule has 18 heavy (non-hydrogen) atoms. The van der Waals surface area contributed by atoms with E-state index in [9.17, 15) is 14.4 Å². The van der Waals surface area contributed by atoms with E-state index in [-0.39, 0.29) is 19.6 Å². The Morgan fingerprint density at radius 2 is 1.67 bits per heavy atom. The maximum atomic E-state index is 11.8. The van der Waals surface area contributed by atoms with Crippen LogP contribution in [0.15, 0.2) is 4.99 Å². The maximum absolute atomic E-state index is 11.8. The quantitative estimate of drug-likeness (QED) is 0.227. The van der Waals surface area contributed by atoms with Crippen LogP contribution in [-0.2, 0) is 23.9 Å². The molecule has 0 heterocycles. The minimum absolute atomic E-state index is 0.0495. The summed E-state index contributed by atoms with van der Waals surface area (Å²) in [5, 5.41) is 0. The van der Waals surface area contributed by atoms with Gasteiger partial charge in [-0.2, -0.15) is 4.99 Å². The van der Waals surface area contributed by atoms with Crippen molar-refractivity contribution in [3.05, 3.63) is 0 Å². The highest BCUT2D eigenvalue weighted by molar-refractivity contribution is 6.06. The molecule has 98 valence electrons. The molecule has 6 nitrogen and oxygen atoms in total. The van der Waals surface area contributed by atoms with Crippen LogP contribution in [0.5, 0.6) is 0 Å². The first-order valence-corrected chi connectivity index (χ1v) is 5.42. The van der Waals surface area contributed by atoms with Gasteiger partial charge in [-0.1, -0.05) is 5.92 Å². The normalized spacial score (nSPS) is 9.50. The second-order valence-electron chi connectivity index (χ2n) is 3.11. The Labute approximate surface area is 105 Å². The summed E-state index contributed by atoms with van der Waals surface area (Å²) < 4.78 is 9.49. The average molecular weight is 253 g/mol. The molecule has 0 spiro atoms. The number of ether oxygens (including phenoxy) is 2. The van der Waals surface area contributed by atoms with E-state index in [1.165, 1.54) is 13.0 Å². The largest absolute Gasteiger partial charge is 0.464 e. The van der Waals surface area contributed by atoms with Gasteiger partial charge in [0.15, 0.2) is 0 Å². The minimum atomic E-state index is -2.07. The van der Waals surface area contributed by atoms with Gasteiger partial charge in [0, 0.05) is 0 Å². The topological polar surface area (TPSA) is 82.0 Å². The number of carbonyl (C=O) groups excluding carboxylic acids is 3. The maximum Gasteiger partial charge on any atom is 0.347 e. The molecule has 0 radical (unpaired) electrons. The second-order valence-corrected chi connectivity index (χ2v) is 3.11. The van der Waals surface area contributed by atoms with E-state index < -0.39 is 17.5 Å². The first kappa shape index (κ1) is 15.9. The van der Waals surface area contributed by atoms with Gasteiger partial charge in [-0.3, -0.25) is 0 Å². The van der Waals surface area contributed by atoms with Gasteiger partial charge in [0.1, 0.15) is 0 Å². The highest BCUT2D eigenvalue weighted by Crippen LogP contribution is 2.20. The lowest BCUT2D eigenvalue weighted by atomic mass is 9.96. The van der Waals surface area contributed by atoms with Crippen molar-refractivity contribution in [2.75, 3.05) is 13.2 Å². The molecule has 0 aliphatic rings. The van der Waals surface area contributed by atoms with E-state index in [1.54, 1.807) is 13.8 Å². The molecule has 6 heteroatoms. The van der Waals surface area contributed by atoms with Crippen molar-refractivity contribution in [3.8, 4) is 11.8 Å². The average Bonchev–Trinajstić information content (AvgIpc) is 2.35. The van der Waals surface area contributed by atoms with Crippen LogP contribution in [0.3, 0.4) is 0 Å². The van der Waals surface area contributed by atoms with Crippen LogP contribution in [-0.4, -0.2) is 36.8 Å². The van der Waals surface area contributed by atoms with Crippen molar-refractivity contribution in [2.24, 2.45) is 4.99 Å². The Morgan fingerprint density at radius 3 is 2.00 bits per heavy atom. The zero-order valence-corrected chi connectivity index (χ0v) is 10.6. The van der Waals surface area contributed by atoms with Crippen LogP contribution in [0.2, 0.25) is 0 Å². The predicted octanol–water partition coefficient (Wildman–Crippen LogP) is 0.601. The van der Waals surface area contributed by atoms with Gasteiger partial charge in [-0.05, 0) is 20.8 Å². The Kier molecular flexibility index (Phi) is 7.10. The molecule has 0 unspecified atom stereocenters. The molecule has 0 atom stereocenters. The smallest absolute Gasteiger partial charge is 0.347 e. The molecule has 0 fully saturated rings. The predicted molar refractivity (Wildman–Crippen MR) is 62.2 cm³/mol. The third-order valence-corrected chi connectivity index (χ3v) is 1.98. The first-order chi connectivity index (χ1) is 8.58. The van der Waals surface area contributed by atoms with Gasteiger partial charge in [0.25, 0.3) is 5.54 Å². The summed E-state index contributed by atoms with van der Waals surface area (Å²) in [6.45, 7) is 4.78. The van der Waals surface area contributed by atoms with Gasteiger partial charge < -0.3 is 9.47 Å². The second kappa shape index (κ2) is 8.04. The molecule has 0 amide bonds. The molecular weight excluding hydrogens is 238 g/mol. The highest BCUT2D eigenvalue weighted by Gasteiger charge is 2.49. The number of esters is 2. The van der Waals surface area contributed by atoms with Crippen molar-refractivity contribution in [3.63, 3.8) is 0 Å². The van der Waals surface area contributed by atoms with E-state index in [1.807, 2.05) is 0 Å². The van der Waals surface area contributed by atoms with E-state index in [2.05, 4.69) is 16.8 Å². The summed E-state index contributed by atoms with van der Waals surface area (Å²) in [7, 11) is 0. The fourth-order valence-corrected chi connectivity index (χ4v) is 1.15. The molecule has 0 saturated carbocycles. The van der Waals surface area contributed by atoms with Crippen LogP contribution < -0.4 is 0 Å². The Bertz CT molecular complexity index is 394. The lowest BCUT2D eigenvalue weighted by molar-refractivity contribution is -0.163. The van der Waals surface area contributed by atoms with Gasteiger partial charge in [-0.25, -0.2) is 14.4 Å². The molecule has 0 bridgehead atoms. The molecule has 0 aromatic rings. The monoisotopic (exact) mass is 253 g/mol. The molecule has 0 N–H and O–H groups in total. The van der Waals surface area contributed by atoms with E-state index in [4.69, 9.17) is 9.47 Å². The lowest BCUT2D eigenvalue weighted by Crippen LogP contribution is -2.47. The van der Waals surface area contributed by atoms with Crippen molar-refractivity contribution >= 4 is 18.0 Å². The van der Waals surface area contributed by atoms with E-state index in [0.29, 0.717) is 0 Å². The molecular formula is C12H15NO5. The SMILES string of the molecule is CC#CCC(N=C=O)(C(=O)OCC)C(=O)OCC. The Morgan fingerprint density at radius 1 is 1.17 bits per heavy atom. The standard InChI is InChI=1S/C12H15NO5/c1-4-7-8-12(13-9-14,10(15)17-5-2)11(16)18-6-3/h5-6,8H2,1-3H3. The summed E-state index contributed by atoms with van der Waals surface area (Å²) in [4.78, 5) is 37.3. The van der Waals surface area contributed by atoms with Crippen molar-refractivity contribution in [1.29, 1.82) is 0 Å². The lowest BCUT2D eigenvalue weighted by Gasteiger charge is -2.21. The summed E-state index contributed by atoms with van der Waals surface area (Å²) in [6.07, 6.45) is 0.920. The fraction of sp³-hybridized carbons (Fsp3) is 0.583. The summed E-state index contributed by atoms with van der Waals surface area (Å²) in [5.41, 5.74) is -2.07. The van der Waals surface area contributed by atoms with Crippen LogP contribution in [0.4, 0.5) is 0 Å². The van der Waals surface area contributed by atoms with Crippen LogP contribution in [0, 0.1) is 11.8 Å². The number of carbonyl (C=O) groups is 2. The number of hydrogen-bond donors (Lipinski definition) is 0. The zero-order chi connectivity index (χ0) is 14.0. The summed E-state index contributed by atoms with van der Waals surface area (Å²) in [5.74, 6) is 3.12. The molecule has 0 rings (SSSR count). The molecule has 0 aliphatic heterocycles. The van der Waals surface area contributed by atoms with E-state index in [0.717, 1.165) is 0 Å². The highest BCUT2D eigenvalue weighted by atomic mass is 16.6. The van der Waals surface area contributed by atoms with Gasteiger partial charge >= 0.3 is 11.9 Å². The van der Waals surface area contributed by atoms with Crippen molar-refractivity contribution in [1.82, 2.24) is 0 Å². The summed E-state index contributed by atoms with van der Waals surface area (Å²) in [6, 6.07) is 0. The molecule has 0 saturated heterocycles. The molecule has 0 aromatic heterocycles. The Hall–Kier alpha value is -2.12. The van der Waals surface area contributed by atoms with E-state index >= 15 is 0 Å². The number of hydrogen-bond acceptors (Lipinski definition) is 6. The van der Waals surface area contributed by atoms with Gasteiger partial charge in [-0.15, -0.1) is 5.92 Å². The molecule has 0 aromatic carbocycles. The number of nitrogens with zero attached hydrogens (tertiary/aromatic N) is 1. The number of rotatable bonds is 6. The zero-order valence-electron chi connectivity index (χ0n) is 10.6. The van der Waals surface area contributed by atoms with Crippen LogP contribution >= 0.6 is 0 Å². The third kappa shape index (κ3) is 3.72. The number of isocyanates is 1. The van der Waals surface area contributed by atoms with Crippen molar-refractivity contribution < 1.29 is 23.9 Å². The summed E-state index contributed by atoms with van der Waals surface area (Å²) >= 11 is 0. The third-order valence-electron chi connectivity index (χ3n) is 1.98. The first-order valence-electron chi connectivity index (χ1n) is 5.42.